The maximum absolute atomic E-state index is 9.45. The van der Waals surface area contributed by atoms with Crippen LogP contribution in [0.15, 0.2) is 0 Å². The molecule has 1 unspecified atom stereocenters. The molecule has 1 heterocycles. The molecule has 0 aromatic carbocycles. The summed E-state index contributed by atoms with van der Waals surface area (Å²) in [5, 5.41) is 12.8. The quantitative estimate of drug-likeness (QED) is 0.650. The highest BCUT2D eigenvalue weighted by molar-refractivity contribution is 4.93. The van der Waals surface area contributed by atoms with Crippen LogP contribution in [-0.4, -0.2) is 24.8 Å². The summed E-state index contributed by atoms with van der Waals surface area (Å²) < 4.78 is 0. The zero-order valence-corrected chi connectivity index (χ0v) is 7.68. The average molecular weight is 169 g/mol. The van der Waals surface area contributed by atoms with Crippen LogP contribution >= 0.6 is 0 Å². The van der Waals surface area contributed by atoms with Gasteiger partial charge in [0.15, 0.2) is 0 Å². The molecule has 2 rings (SSSR count). The predicted octanol–water partition coefficient (Wildman–Crippen LogP) is 1.15. The van der Waals surface area contributed by atoms with Gasteiger partial charge in [-0.2, -0.15) is 0 Å². The van der Waals surface area contributed by atoms with E-state index in [2.05, 4.69) is 5.32 Å². The van der Waals surface area contributed by atoms with E-state index in [0.717, 1.165) is 19.0 Å². The Hall–Kier alpha value is -0.0800. The number of aliphatic hydroxyl groups is 1. The molecule has 2 nitrogen and oxygen atoms in total. The zero-order chi connectivity index (χ0) is 8.44. The van der Waals surface area contributed by atoms with Crippen molar-refractivity contribution < 1.29 is 5.11 Å². The van der Waals surface area contributed by atoms with Gasteiger partial charge in [0, 0.05) is 6.61 Å². The highest BCUT2D eigenvalue weighted by atomic mass is 16.3. The second-order valence-electron chi connectivity index (χ2n) is 4.42. The van der Waals surface area contributed by atoms with Crippen LogP contribution < -0.4 is 5.32 Å². The van der Waals surface area contributed by atoms with Gasteiger partial charge in [-0.1, -0.05) is 12.8 Å². The van der Waals surface area contributed by atoms with Gasteiger partial charge in [-0.05, 0) is 43.7 Å². The lowest BCUT2D eigenvalue weighted by atomic mass is 9.74. The molecule has 0 bridgehead atoms. The Morgan fingerprint density at radius 2 is 2.08 bits per heavy atom. The minimum absolute atomic E-state index is 0.309. The Morgan fingerprint density at radius 3 is 2.58 bits per heavy atom. The summed E-state index contributed by atoms with van der Waals surface area (Å²) >= 11 is 0. The van der Waals surface area contributed by atoms with Crippen LogP contribution in [0.25, 0.3) is 0 Å². The molecule has 0 aromatic rings. The molecule has 1 aliphatic heterocycles. The lowest BCUT2D eigenvalue weighted by Crippen LogP contribution is -2.32. The predicted molar refractivity (Wildman–Crippen MR) is 49.0 cm³/mol. The number of nitrogens with one attached hydrogen (secondary N) is 1. The van der Waals surface area contributed by atoms with Crippen LogP contribution in [0.4, 0.5) is 0 Å². The van der Waals surface area contributed by atoms with E-state index in [0.29, 0.717) is 12.0 Å². The van der Waals surface area contributed by atoms with Gasteiger partial charge in [-0.3, -0.25) is 0 Å². The zero-order valence-electron chi connectivity index (χ0n) is 7.68. The molecule has 12 heavy (non-hydrogen) atoms. The standard InChI is InChI=1S/C10H19NO/c12-8-10(4-1-2-5-10)9-3-6-11-7-9/h9,11-12H,1-8H2. The number of hydrogen-bond acceptors (Lipinski definition) is 2. The molecule has 1 saturated carbocycles. The third kappa shape index (κ3) is 1.27. The minimum Gasteiger partial charge on any atom is -0.396 e. The van der Waals surface area contributed by atoms with Gasteiger partial charge < -0.3 is 10.4 Å². The van der Waals surface area contributed by atoms with Gasteiger partial charge in [0.05, 0.1) is 0 Å². The van der Waals surface area contributed by atoms with Crippen molar-refractivity contribution >= 4 is 0 Å². The topological polar surface area (TPSA) is 32.3 Å². The molecule has 0 aromatic heterocycles. The Kier molecular flexibility index (Phi) is 2.37. The molecule has 1 saturated heterocycles. The normalized spacial score (nSPS) is 34.2. The van der Waals surface area contributed by atoms with Gasteiger partial charge in [0.2, 0.25) is 0 Å². The maximum Gasteiger partial charge on any atom is 0.0490 e. The first-order chi connectivity index (χ1) is 5.87. The van der Waals surface area contributed by atoms with Gasteiger partial charge in [0.25, 0.3) is 0 Å². The lowest BCUT2D eigenvalue weighted by Gasteiger charge is -2.32. The van der Waals surface area contributed by atoms with E-state index < -0.39 is 0 Å². The van der Waals surface area contributed by atoms with Crippen LogP contribution in [0, 0.1) is 11.3 Å². The Balaban J connectivity index is 2.04. The molecule has 1 atom stereocenters. The molecule has 2 N–H and O–H groups in total. The van der Waals surface area contributed by atoms with Crippen LogP contribution in [0.2, 0.25) is 0 Å². The van der Waals surface area contributed by atoms with Crippen LogP contribution in [0.3, 0.4) is 0 Å². The van der Waals surface area contributed by atoms with Crippen LogP contribution in [0.5, 0.6) is 0 Å². The molecule has 0 amide bonds. The molecule has 2 aliphatic rings. The van der Waals surface area contributed by atoms with E-state index >= 15 is 0 Å². The summed E-state index contributed by atoms with van der Waals surface area (Å²) in [7, 11) is 0. The Morgan fingerprint density at radius 1 is 1.33 bits per heavy atom. The summed E-state index contributed by atoms with van der Waals surface area (Å²) in [6, 6.07) is 0. The second kappa shape index (κ2) is 3.35. The second-order valence-corrected chi connectivity index (χ2v) is 4.42. The lowest BCUT2D eigenvalue weighted by molar-refractivity contribution is 0.0750. The third-order valence-corrected chi connectivity index (χ3v) is 3.84. The molecule has 2 heteroatoms. The van der Waals surface area contributed by atoms with E-state index in [1.807, 2.05) is 0 Å². The van der Waals surface area contributed by atoms with Crippen molar-refractivity contribution in [1.29, 1.82) is 0 Å². The van der Waals surface area contributed by atoms with Gasteiger partial charge in [0.1, 0.15) is 0 Å². The molecule has 0 radical (unpaired) electrons. The first kappa shape index (κ1) is 8.52. The first-order valence-electron chi connectivity index (χ1n) is 5.19. The number of aliphatic hydroxyl groups excluding tert-OH is 1. The summed E-state index contributed by atoms with van der Waals surface area (Å²) in [5.41, 5.74) is 0.309. The van der Waals surface area contributed by atoms with Crippen molar-refractivity contribution in [3.05, 3.63) is 0 Å². The van der Waals surface area contributed by atoms with E-state index in [9.17, 15) is 5.11 Å². The number of hydrogen-bond donors (Lipinski definition) is 2. The third-order valence-electron chi connectivity index (χ3n) is 3.84. The maximum atomic E-state index is 9.45. The fourth-order valence-corrected chi connectivity index (χ4v) is 2.95. The van der Waals surface area contributed by atoms with E-state index in [1.165, 1.54) is 32.1 Å². The van der Waals surface area contributed by atoms with Crippen LogP contribution in [0.1, 0.15) is 32.1 Å². The summed E-state index contributed by atoms with van der Waals surface area (Å²) in [4.78, 5) is 0. The van der Waals surface area contributed by atoms with Crippen molar-refractivity contribution in [3.63, 3.8) is 0 Å². The molecular weight excluding hydrogens is 150 g/mol. The molecule has 70 valence electrons. The Bertz CT molecular complexity index is 146. The minimum atomic E-state index is 0.309. The van der Waals surface area contributed by atoms with Crippen molar-refractivity contribution in [2.75, 3.05) is 19.7 Å². The van der Waals surface area contributed by atoms with Gasteiger partial charge in [-0.25, -0.2) is 0 Å². The molecule has 0 spiro atoms. The summed E-state index contributed by atoms with van der Waals surface area (Å²) in [6.07, 6.45) is 6.46. The molecule has 1 aliphatic carbocycles. The van der Waals surface area contributed by atoms with Crippen LogP contribution in [-0.2, 0) is 0 Å². The van der Waals surface area contributed by atoms with E-state index in [1.54, 1.807) is 0 Å². The Labute approximate surface area is 74.4 Å². The van der Waals surface area contributed by atoms with Crippen molar-refractivity contribution in [2.45, 2.75) is 32.1 Å². The smallest absolute Gasteiger partial charge is 0.0490 e. The van der Waals surface area contributed by atoms with E-state index in [4.69, 9.17) is 0 Å². The summed E-state index contributed by atoms with van der Waals surface area (Å²) in [6.45, 7) is 2.71. The van der Waals surface area contributed by atoms with Crippen molar-refractivity contribution in [1.82, 2.24) is 5.32 Å². The summed E-state index contributed by atoms with van der Waals surface area (Å²) in [5.74, 6) is 0.755. The molecule has 2 fully saturated rings. The first-order valence-corrected chi connectivity index (χ1v) is 5.19. The fourth-order valence-electron chi connectivity index (χ4n) is 2.95. The molecular formula is C10H19NO. The van der Waals surface area contributed by atoms with Crippen molar-refractivity contribution in [3.8, 4) is 0 Å². The van der Waals surface area contributed by atoms with E-state index in [-0.39, 0.29) is 0 Å². The number of rotatable bonds is 2. The van der Waals surface area contributed by atoms with Gasteiger partial charge >= 0.3 is 0 Å². The highest BCUT2D eigenvalue weighted by Crippen LogP contribution is 2.45. The fraction of sp³-hybridized carbons (Fsp3) is 1.00. The van der Waals surface area contributed by atoms with Gasteiger partial charge in [-0.15, -0.1) is 0 Å². The van der Waals surface area contributed by atoms with Crippen molar-refractivity contribution in [2.24, 2.45) is 11.3 Å². The highest BCUT2D eigenvalue weighted by Gasteiger charge is 2.41. The monoisotopic (exact) mass is 169 g/mol. The largest absolute Gasteiger partial charge is 0.396 e. The average Bonchev–Trinajstić information content (AvgIpc) is 2.76. The SMILES string of the molecule is OCC1(C2CCNC2)CCCC1.